The van der Waals surface area contributed by atoms with Gasteiger partial charge in [0.2, 0.25) is 0 Å². The summed E-state index contributed by atoms with van der Waals surface area (Å²) in [5.74, 6) is 0. The standard InChI is InChI=1S/C12H14ClN3O3S/c13-10-4-3-8(16(17)18)6-11(10)15-12(20)14-7-9-2-1-5-19-9/h3-4,6,9H,1-2,5,7H2,(H2,14,15,20)/t9-/m1/s1. The van der Waals surface area contributed by atoms with E-state index < -0.39 is 4.92 Å². The topological polar surface area (TPSA) is 76.4 Å². The lowest BCUT2D eigenvalue weighted by molar-refractivity contribution is -0.384. The van der Waals surface area contributed by atoms with Gasteiger partial charge in [0, 0.05) is 25.3 Å². The maximum atomic E-state index is 10.7. The number of non-ortho nitro benzene ring substituents is 1. The van der Waals surface area contributed by atoms with Crippen molar-refractivity contribution in [3.8, 4) is 0 Å². The molecule has 1 atom stereocenters. The molecule has 108 valence electrons. The second kappa shape index (κ2) is 6.83. The zero-order chi connectivity index (χ0) is 14.5. The molecule has 0 aliphatic carbocycles. The van der Waals surface area contributed by atoms with Gasteiger partial charge in [0.05, 0.1) is 21.7 Å². The zero-order valence-electron chi connectivity index (χ0n) is 10.6. The first-order valence-electron chi connectivity index (χ1n) is 6.16. The number of hydrogen-bond acceptors (Lipinski definition) is 4. The molecule has 1 heterocycles. The molecule has 0 radical (unpaired) electrons. The van der Waals surface area contributed by atoms with Gasteiger partial charge in [0.25, 0.3) is 5.69 Å². The van der Waals surface area contributed by atoms with Crippen LogP contribution >= 0.6 is 23.8 Å². The normalized spacial score (nSPS) is 17.8. The number of rotatable bonds is 4. The number of benzene rings is 1. The molecule has 1 aliphatic heterocycles. The third kappa shape index (κ3) is 4.03. The third-order valence-electron chi connectivity index (χ3n) is 2.92. The van der Waals surface area contributed by atoms with Crippen LogP contribution in [0.3, 0.4) is 0 Å². The highest BCUT2D eigenvalue weighted by Crippen LogP contribution is 2.26. The van der Waals surface area contributed by atoms with E-state index in [1.165, 1.54) is 18.2 Å². The minimum Gasteiger partial charge on any atom is -0.376 e. The smallest absolute Gasteiger partial charge is 0.271 e. The van der Waals surface area contributed by atoms with Gasteiger partial charge in [-0.15, -0.1) is 0 Å². The monoisotopic (exact) mass is 315 g/mol. The van der Waals surface area contributed by atoms with Crippen molar-refractivity contribution >= 4 is 40.3 Å². The van der Waals surface area contributed by atoms with Gasteiger partial charge in [-0.25, -0.2) is 0 Å². The van der Waals surface area contributed by atoms with Crippen molar-refractivity contribution in [3.05, 3.63) is 33.3 Å². The van der Waals surface area contributed by atoms with Crippen LogP contribution in [0.5, 0.6) is 0 Å². The van der Waals surface area contributed by atoms with Gasteiger partial charge in [-0.3, -0.25) is 10.1 Å². The quantitative estimate of drug-likeness (QED) is 0.505. The Morgan fingerprint density at radius 1 is 1.60 bits per heavy atom. The molecule has 0 spiro atoms. The van der Waals surface area contributed by atoms with Crippen molar-refractivity contribution in [2.45, 2.75) is 18.9 Å². The van der Waals surface area contributed by atoms with Crippen LogP contribution in [0.1, 0.15) is 12.8 Å². The molecule has 2 N–H and O–H groups in total. The number of nitro benzene ring substituents is 1. The molecule has 2 rings (SSSR count). The Bertz CT molecular complexity index is 521. The SMILES string of the molecule is O=[N+]([O-])c1ccc(Cl)c(NC(=S)NC[C@H]2CCCO2)c1. The number of anilines is 1. The highest BCUT2D eigenvalue weighted by Gasteiger charge is 2.16. The van der Waals surface area contributed by atoms with Crippen LogP contribution in [0.25, 0.3) is 0 Å². The minimum atomic E-state index is -0.482. The molecule has 0 amide bonds. The molecule has 0 aromatic heterocycles. The van der Waals surface area contributed by atoms with Crippen LogP contribution in [-0.2, 0) is 4.74 Å². The fourth-order valence-electron chi connectivity index (χ4n) is 1.90. The van der Waals surface area contributed by atoms with Crippen LogP contribution < -0.4 is 10.6 Å². The number of nitrogens with zero attached hydrogens (tertiary/aromatic N) is 1. The lowest BCUT2D eigenvalue weighted by Gasteiger charge is -2.14. The molecule has 1 saturated heterocycles. The summed E-state index contributed by atoms with van der Waals surface area (Å²) in [7, 11) is 0. The van der Waals surface area contributed by atoms with E-state index >= 15 is 0 Å². The summed E-state index contributed by atoms with van der Waals surface area (Å²) in [6.07, 6.45) is 2.23. The summed E-state index contributed by atoms with van der Waals surface area (Å²) in [5.41, 5.74) is 0.365. The second-order valence-corrected chi connectivity index (χ2v) is 5.21. The van der Waals surface area contributed by atoms with Gasteiger partial charge >= 0.3 is 0 Å². The molecule has 6 nitrogen and oxygen atoms in total. The summed E-state index contributed by atoms with van der Waals surface area (Å²) in [5, 5.41) is 17.3. The van der Waals surface area contributed by atoms with E-state index in [1.54, 1.807) is 0 Å². The average Bonchev–Trinajstić information content (AvgIpc) is 2.92. The van der Waals surface area contributed by atoms with E-state index in [2.05, 4.69) is 10.6 Å². The van der Waals surface area contributed by atoms with E-state index in [4.69, 9.17) is 28.6 Å². The number of nitro groups is 1. The predicted octanol–water partition coefficient (Wildman–Crippen LogP) is 2.71. The van der Waals surface area contributed by atoms with Crippen molar-refractivity contribution in [3.63, 3.8) is 0 Å². The largest absolute Gasteiger partial charge is 0.376 e. The number of halogens is 1. The lowest BCUT2D eigenvalue weighted by atomic mass is 10.2. The van der Waals surface area contributed by atoms with Crippen molar-refractivity contribution in [1.29, 1.82) is 0 Å². The van der Waals surface area contributed by atoms with E-state index in [1.807, 2.05) is 0 Å². The van der Waals surface area contributed by atoms with Crippen LogP contribution in [0.4, 0.5) is 11.4 Å². The van der Waals surface area contributed by atoms with Crippen molar-refractivity contribution in [2.24, 2.45) is 0 Å². The Hall–Kier alpha value is -1.44. The first kappa shape index (κ1) is 15.0. The Morgan fingerprint density at radius 2 is 2.40 bits per heavy atom. The maximum Gasteiger partial charge on any atom is 0.271 e. The number of nitrogens with one attached hydrogen (secondary N) is 2. The summed E-state index contributed by atoms with van der Waals surface area (Å²) < 4.78 is 5.46. The third-order valence-corrected chi connectivity index (χ3v) is 3.50. The van der Waals surface area contributed by atoms with E-state index in [0.717, 1.165) is 19.4 Å². The number of hydrogen-bond donors (Lipinski definition) is 2. The van der Waals surface area contributed by atoms with Crippen molar-refractivity contribution in [2.75, 3.05) is 18.5 Å². The molecule has 1 aliphatic rings. The van der Waals surface area contributed by atoms with Gasteiger partial charge in [0.15, 0.2) is 5.11 Å². The molecular weight excluding hydrogens is 302 g/mol. The molecule has 20 heavy (non-hydrogen) atoms. The van der Waals surface area contributed by atoms with Crippen LogP contribution in [0.15, 0.2) is 18.2 Å². The fourth-order valence-corrected chi connectivity index (χ4v) is 2.26. The Labute approximate surface area is 126 Å². The Kier molecular flexibility index (Phi) is 5.11. The zero-order valence-corrected chi connectivity index (χ0v) is 12.2. The van der Waals surface area contributed by atoms with E-state index in [9.17, 15) is 10.1 Å². The molecule has 0 bridgehead atoms. The first-order chi connectivity index (χ1) is 9.56. The van der Waals surface area contributed by atoms with Crippen LogP contribution in [0.2, 0.25) is 5.02 Å². The average molecular weight is 316 g/mol. The summed E-state index contributed by atoms with van der Waals surface area (Å²) in [6, 6.07) is 4.16. The highest BCUT2D eigenvalue weighted by molar-refractivity contribution is 7.80. The molecule has 1 aromatic carbocycles. The lowest BCUT2D eigenvalue weighted by Crippen LogP contribution is -2.34. The van der Waals surface area contributed by atoms with Gasteiger partial charge < -0.3 is 15.4 Å². The van der Waals surface area contributed by atoms with E-state index in [-0.39, 0.29) is 11.8 Å². The predicted molar refractivity (Wildman–Crippen MR) is 81.3 cm³/mol. The van der Waals surface area contributed by atoms with E-state index in [0.29, 0.717) is 22.4 Å². The second-order valence-electron chi connectivity index (χ2n) is 4.39. The van der Waals surface area contributed by atoms with Crippen LogP contribution in [-0.4, -0.2) is 29.3 Å². The summed E-state index contributed by atoms with van der Waals surface area (Å²) in [4.78, 5) is 10.2. The molecule has 0 unspecified atom stereocenters. The van der Waals surface area contributed by atoms with Crippen LogP contribution in [0, 0.1) is 10.1 Å². The Balaban J connectivity index is 1.92. The molecule has 1 fully saturated rings. The molecule has 1 aromatic rings. The molecular formula is C12H14ClN3O3S. The first-order valence-corrected chi connectivity index (χ1v) is 6.95. The highest BCUT2D eigenvalue weighted by atomic mass is 35.5. The minimum absolute atomic E-state index is 0.0428. The van der Waals surface area contributed by atoms with Gasteiger partial charge in [-0.2, -0.15) is 0 Å². The molecule has 0 saturated carbocycles. The summed E-state index contributed by atoms with van der Waals surface area (Å²) >= 11 is 11.1. The number of thiocarbonyl (C=S) groups is 1. The van der Waals surface area contributed by atoms with Crippen molar-refractivity contribution < 1.29 is 9.66 Å². The maximum absolute atomic E-state index is 10.7. The van der Waals surface area contributed by atoms with Gasteiger partial charge in [-0.05, 0) is 31.1 Å². The van der Waals surface area contributed by atoms with Crippen molar-refractivity contribution in [1.82, 2.24) is 5.32 Å². The van der Waals surface area contributed by atoms with Gasteiger partial charge in [-0.1, -0.05) is 11.6 Å². The van der Waals surface area contributed by atoms with Gasteiger partial charge in [0.1, 0.15) is 0 Å². The molecule has 8 heteroatoms. The summed E-state index contributed by atoms with van der Waals surface area (Å²) in [6.45, 7) is 1.39. The number of ether oxygens (including phenoxy) is 1. The fraction of sp³-hybridized carbons (Fsp3) is 0.417. The Morgan fingerprint density at radius 3 is 3.05 bits per heavy atom.